The van der Waals surface area contributed by atoms with E-state index in [0.29, 0.717) is 48.9 Å². The number of fused-ring (bicyclic) bond motifs is 2. The third-order valence-electron chi connectivity index (χ3n) is 4.87. The van der Waals surface area contributed by atoms with Gasteiger partial charge in [0.05, 0.1) is 11.4 Å². The van der Waals surface area contributed by atoms with Gasteiger partial charge in [-0.1, -0.05) is 0 Å². The minimum atomic E-state index is -3.87. The number of hydrogen-bond donors (Lipinski definition) is 2. The maximum absolute atomic E-state index is 12.9. The first-order valence-corrected chi connectivity index (χ1v) is 10.9. The highest BCUT2D eigenvalue weighted by Gasteiger charge is 2.25. The van der Waals surface area contributed by atoms with E-state index in [1.165, 1.54) is 13.1 Å². The molecule has 0 saturated carbocycles. The molecule has 2 aromatic rings. The molecule has 0 fully saturated rings. The van der Waals surface area contributed by atoms with E-state index in [-0.39, 0.29) is 17.3 Å². The second-order valence-electron chi connectivity index (χ2n) is 7.03. The lowest BCUT2D eigenvalue weighted by atomic mass is 10.0. The molecule has 2 aliphatic rings. The fourth-order valence-electron chi connectivity index (χ4n) is 3.31. The summed E-state index contributed by atoms with van der Waals surface area (Å²) in [6.45, 7) is 0.539. The van der Waals surface area contributed by atoms with Gasteiger partial charge in [0.25, 0.3) is 0 Å². The SMILES string of the molecule is CN(CC(=O)Nc1ccc2c(c1)OCCO2)S(=O)(=O)c1ccc2c(c1)CCC(=O)N2. The predicted octanol–water partition coefficient (Wildman–Crippen LogP) is 1.60. The van der Waals surface area contributed by atoms with E-state index < -0.39 is 15.9 Å². The summed E-state index contributed by atoms with van der Waals surface area (Å²) in [5, 5.41) is 5.39. The third-order valence-corrected chi connectivity index (χ3v) is 6.67. The lowest BCUT2D eigenvalue weighted by molar-refractivity contribution is -0.117. The number of anilines is 2. The van der Waals surface area contributed by atoms with Gasteiger partial charge in [0.1, 0.15) is 13.2 Å². The van der Waals surface area contributed by atoms with Crippen LogP contribution in [0.2, 0.25) is 0 Å². The van der Waals surface area contributed by atoms with E-state index in [4.69, 9.17) is 9.47 Å². The maximum atomic E-state index is 12.9. The molecule has 2 heterocycles. The minimum Gasteiger partial charge on any atom is -0.486 e. The van der Waals surface area contributed by atoms with E-state index in [9.17, 15) is 18.0 Å². The zero-order valence-corrected chi connectivity index (χ0v) is 17.1. The first kappa shape index (κ1) is 20.2. The number of rotatable bonds is 5. The Morgan fingerprint density at radius 2 is 1.87 bits per heavy atom. The molecule has 4 rings (SSSR count). The van der Waals surface area contributed by atoms with Crippen molar-refractivity contribution in [3.05, 3.63) is 42.0 Å². The number of sulfonamides is 1. The first-order valence-electron chi connectivity index (χ1n) is 9.41. The van der Waals surface area contributed by atoms with Gasteiger partial charge in [0.15, 0.2) is 11.5 Å². The molecule has 0 aromatic heterocycles. The molecule has 0 spiro atoms. The summed E-state index contributed by atoms with van der Waals surface area (Å²) in [6, 6.07) is 9.53. The molecule has 2 amide bonds. The Bertz CT molecular complexity index is 1120. The minimum absolute atomic E-state index is 0.0760. The van der Waals surface area contributed by atoms with Crippen LogP contribution in [0.25, 0.3) is 0 Å². The molecule has 0 unspecified atom stereocenters. The summed E-state index contributed by atoms with van der Waals surface area (Å²) < 4.78 is 37.7. The van der Waals surface area contributed by atoms with Crippen LogP contribution in [0.3, 0.4) is 0 Å². The number of hydrogen-bond acceptors (Lipinski definition) is 6. The zero-order chi connectivity index (χ0) is 21.3. The number of likely N-dealkylation sites (N-methyl/N-ethyl adjacent to an activating group) is 1. The molecular formula is C20H21N3O6S. The Morgan fingerprint density at radius 1 is 1.10 bits per heavy atom. The Morgan fingerprint density at radius 3 is 2.67 bits per heavy atom. The molecule has 9 nitrogen and oxygen atoms in total. The van der Waals surface area contributed by atoms with Crippen molar-refractivity contribution in [2.75, 3.05) is 37.4 Å². The van der Waals surface area contributed by atoms with Crippen LogP contribution in [0.15, 0.2) is 41.3 Å². The average molecular weight is 431 g/mol. The van der Waals surface area contributed by atoms with Crippen molar-refractivity contribution in [1.29, 1.82) is 0 Å². The number of nitrogens with one attached hydrogen (secondary N) is 2. The number of aryl methyl sites for hydroxylation is 1. The molecule has 158 valence electrons. The molecule has 2 aromatic carbocycles. The molecule has 0 aliphatic carbocycles. The van der Waals surface area contributed by atoms with Gasteiger partial charge < -0.3 is 20.1 Å². The van der Waals surface area contributed by atoms with Crippen LogP contribution in [-0.4, -0.2) is 51.3 Å². The molecule has 2 N–H and O–H groups in total. The summed E-state index contributed by atoms with van der Waals surface area (Å²) in [6.07, 6.45) is 0.781. The summed E-state index contributed by atoms with van der Waals surface area (Å²) in [5.74, 6) is 0.553. The van der Waals surface area contributed by atoms with Gasteiger partial charge >= 0.3 is 0 Å². The van der Waals surface area contributed by atoms with Crippen LogP contribution in [0, 0.1) is 0 Å². The van der Waals surface area contributed by atoms with E-state index in [2.05, 4.69) is 10.6 Å². The van der Waals surface area contributed by atoms with Crippen molar-refractivity contribution in [2.24, 2.45) is 0 Å². The Hall–Kier alpha value is -3.11. The lowest BCUT2D eigenvalue weighted by Gasteiger charge is -2.21. The molecular weight excluding hydrogens is 410 g/mol. The van der Waals surface area contributed by atoms with Crippen LogP contribution < -0.4 is 20.1 Å². The molecule has 10 heteroatoms. The number of amides is 2. The number of carbonyl (C=O) groups excluding carboxylic acids is 2. The number of benzene rings is 2. The van der Waals surface area contributed by atoms with Gasteiger partial charge in [-0.3, -0.25) is 9.59 Å². The smallest absolute Gasteiger partial charge is 0.243 e. The average Bonchev–Trinajstić information content (AvgIpc) is 2.73. The van der Waals surface area contributed by atoms with Gasteiger partial charge in [0.2, 0.25) is 21.8 Å². The van der Waals surface area contributed by atoms with Crippen LogP contribution in [0.4, 0.5) is 11.4 Å². The van der Waals surface area contributed by atoms with Gasteiger partial charge in [-0.05, 0) is 42.3 Å². The largest absolute Gasteiger partial charge is 0.486 e. The Labute approximate surface area is 174 Å². The van der Waals surface area contributed by atoms with E-state index in [0.717, 1.165) is 9.87 Å². The van der Waals surface area contributed by atoms with Crippen LogP contribution in [0.1, 0.15) is 12.0 Å². The highest BCUT2D eigenvalue weighted by Crippen LogP contribution is 2.32. The van der Waals surface area contributed by atoms with E-state index in [1.807, 2.05) is 0 Å². The predicted molar refractivity (Wildman–Crippen MR) is 109 cm³/mol. The van der Waals surface area contributed by atoms with Crippen molar-refractivity contribution in [2.45, 2.75) is 17.7 Å². The van der Waals surface area contributed by atoms with Crippen molar-refractivity contribution in [3.8, 4) is 11.5 Å². The van der Waals surface area contributed by atoms with Crippen molar-refractivity contribution in [3.63, 3.8) is 0 Å². The molecule has 0 radical (unpaired) electrons. The lowest BCUT2D eigenvalue weighted by Crippen LogP contribution is -2.35. The maximum Gasteiger partial charge on any atom is 0.243 e. The fraction of sp³-hybridized carbons (Fsp3) is 0.300. The molecule has 0 bridgehead atoms. The fourth-order valence-corrected chi connectivity index (χ4v) is 4.49. The van der Waals surface area contributed by atoms with Crippen LogP contribution in [-0.2, 0) is 26.0 Å². The second kappa shape index (κ2) is 7.96. The van der Waals surface area contributed by atoms with Crippen molar-refractivity contribution < 1.29 is 27.5 Å². The Balaban J connectivity index is 1.44. The molecule has 2 aliphatic heterocycles. The summed E-state index contributed by atoms with van der Waals surface area (Å²) in [7, 11) is -2.53. The van der Waals surface area contributed by atoms with E-state index in [1.54, 1.807) is 30.3 Å². The summed E-state index contributed by atoms with van der Waals surface area (Å²) in [5.41, 5.74) is 1.86. The number of nitrogens with zero attached hydrogens (tertiary/aromatic N) is 1. The second-order valence-corrected chi connectivity index (χ2v) is 9.08. The van der Waals surface area contributed by atoms with Gasteiger partial charge in [-0.15, -0.1) is 0 Å². The zero-order valence-electron chi connectivity index (χ0n) is 16.3. The normalized spacial score (nSPS) is 15.3. The molecule has 30 heavy (non-hydrogen) atoms. The molecule has 0 saturated heterocycles. The standard InChI is InChI=1S/C20H21N3O6S/c1-23(12-20(25)21-14-3-6-17-18(11-14)29-9-8-28-17)30(26,27)15-4-5-16-13(10-15)2-7-19(24)22-16/h3-6,10-11H,2,7-9,12H2,1H3,(H,21,25)(H,22,24). The third kappa shape index (κ3) is 4.10. The van der Waals surface area contributed by atoms with Crippen LogP contribution in [0.5, 0.6) is 11.5 Å². The van der Waals surface area contributed by atoms with Gasteiger partial charge in [0, 0.05) is 30.9 Å². The highest BCUT2D eigenvalue weighted by atomic mass is 32.2. The van der Waals surface area contributed by atoms with Crippen molar-refractivity contribution in [1.82, 2.24) is 4.31 Å². The quantitative estimate of drug-likeness (QED) is 0.743. The summed E-state index contributed by atoms with van der Waals surface area (Å²) in [4.78, 5) is 23.9. The van der Waals surface area contributed by atoms with Gasteiger partial charge in [-0.2, -0.15) is 4.31 Å². The molecule has 0 atom stereocenters. The summed E-state index contributed by atoms with van der Waals surface area (Å²) >= 11 is 0. The number of ether oxygens (including phenoxy) is 2. The monoisotopic (exact) mass is 431 g/mol. The topological polar surface area (TPSA) is 114 Å². The van der Waals surface area contributed by atoms with Crippen molar-refractivity contribution >= 4 is 33.2 Å². The number of carbonyl (C=O) groups is 2. The van der Waals surface area contributed by atoms with Gasteiger partial charge in [-0.25, -0.2) is 8.42 Å². The van der Waals surface area contributed by atoms with E-state index >= 15 is 0 Å². The Kier molecular flexibility index (Phi) is 5.35. The first-order chi connectivity index (χ1) is 14.3. The van der Waals surface area contributed by atoms with Crippen LogP contribution >= 0.6 is 0 Å². The highest BCUT2D eigenvalue weighted by molar-refractivity contribution is 7.89.